The molecular formula is C31H34O6P2. The van der Waals surface area contributed by atoms with Crippen LogP contribution in [0.3, 0.4) is 0 Å². The van der Waals surface area contributed by atoms with E-state index in [2.05, 4.69) is 0 Å². The standard InChI is InChI=1S/C16H17O3P.C15H17O3P/c1-11-9-12(2)15(13(3)10-11)16(17)20(18,19)14-7-5-4-6-8-14;1-10-8-11(2)15(12(3)9-10)13-6-4-5-7-14(13)19(16,17)18/h4-10H,1-3H3,(H,18,19);4-9H,1-3H3,(H2,16,17,18). The second kappa shape index (κ2) is 12.0. The van der Waals surface area contributed by atoms with Crippen LogP contribution in [0.4, 0.5) is 0 Å². The van der Waals surface area contributed by atoms with Gasteiger partial charge in [-0.1, -0.05) is 71.8 Å². The Morgan fingerprint density at radius 3 is 1.54 bits per heavy atom. The van der Waals surface area contributed by atoms with Crippen LogP contribution in [0.15, 0.2) is 78.9 Å². The van der Waals surface area contributed by atoms with Gasteiger partial charge in [0.15, 0.2) is 0 Å². The quantitative estimate of drug-likeness (QED) is 0.241. The van der Waals surface area contributed by atoms with Crippen LogP contribution in [0.5, 0.6) is 0 Å². The van der Waals surface area contributed by atoms with Crippen LogP contribution in [-0.2, 0) is 9.13 Å². The van der Waals surface area contributed by atoms with Gasteiger partial charge in [-0.2, -0.15) is 0 Å². The highest BCUT2D eigenvalue weighted by Crippen LogP contribution is 2.44. The predicted octanol–water partition coefficient (Wildman–Crippen LogP) is 6.43. The molecular weight excluding hydrogens is 530 g/mol. The number of carbonyl (C=O) groups excluding carboxylic acids is 1. The Morgan fingerprint density at radius 1 is 0.615 bits per heavy atom. The van der Waals surface area contributed by atoms with Crippen molar-refractivity contribution in [2.75, 3.05) is 0 Å². The molecule has 3 N–H and O–H groups in total. The lowest BCUT2D eigenvalue weighted by molar-refractivity contribution is 0.106. The molecule has 0 fully saturated rings. The zero-order valence-corrected chi connectivity index (χ0v) is 24.8. The van der Waals surface area contributed by atoms with Crippen molar-refractivity contribution in [3.8, 4) is 11.1 Å². The molecule has 0 saturated heterocycles. The van der Waals surface area contributed by atoms with Crippen LogP contribution in [-0.4, -0.2) is 20.2 Å². The molecule has 0 aliphatic carbocycles. The van der Waals surface area contributed by atoms with Gasteiger partial charge in [-0.25, -0.2) is 0 Å². The summed E-state index contributed by atoms with van der Waals surface area (Å²) in [6.07, 6.45) is 0. The lowest BCUT2D eigenvalue weighted by Gasteiger charge is -2.16. The molecule has 0 amide bonds. The van der Waals surface area contributed by atoms with Gasteiger partial charge in [-0.15, -0.1) is 0 Å². The molecule has 1 atom stereocenters. The van der Waals surface area contributed by atoms with Crippen LogP contribution in [0.25, 0.3) is 11.1 Å². The molecule has 0 aliphatic heterocycles. The van der Waals surface area contributed by atoms with Crippen LogP contribution in [0, 0.1) is 41.5 Å². The summed E-state index contributed by atoms with van der Waals surface area (Å²) < 4.78 is 24.1. The summed E-state index contributed by atoms with van der Waals surface area (Å²) in [5, 5.41) is 0.259. The van der Waals surface area contributed by atoms with Gasteiger partial charge in [0, 0.05) is 10.9 Å². The summed E-state index contributed by atoms with van der Waals surface area (Å²) in [6, 6.07) is 22.5. The third-order valence-electron chi connectivity index (χ3n) is 6.44. The Morgan fingerprint density at radius 2 is 1.05 bits per heavy atom. The average Bonchev–Trinajstić information content (AvgIpc) is 2.83. The first-order valence-electron chi connectivity index (χ1n) is 12.4. The molecule has 1 unspecified atom stereocenters. The number of rotatable bonds is 5. The summed E-state index contributed by atoms with van der Waals surface area (Å²) >= 11 is 0. The third kappa shape index (κ3) is 6.91. The van der Waals surface area contributed by atoms with Crippen molar-refractivity contribution in [3.63, 3.8) is 0 Å². The Kier molecular flexibility index (Phi) is 9.33. The largest absolute Gasteiger partial charge is 0.356 e. The van der Waals surface area contributed by atoms with Gasteiger partial charge in [0.1, 0.15) is 0 Å². The van der Waals surface area contributed by atoms with Crippen molar-refractivity contribution < 1.29 is 28.6 Å². The molecule has 4 aromatic carbocycles. The van der Waals surface area contributed by atoms with Gasteiger partial charge in [-0.05, 0) is 93.1 Å². The molecule has 0 radical (unpaired) electrons. The smallest absolute Gasteiger partial charge is 0.336 e. The maximum Gasteiger partial charge on any atom is 0.356 e. The van der Waals surface area contributed by atoms with E-state index in [4.69, 9.17) is 0 Å². The molecule has 4 rings (SSSR count). The van der Waals surface area contributed by atoms with E-state index in [-0.39, 0.29) is 10.6 Å². The van der Waals surface area contributed by atoms with Crippen molar-refractivity contribution >= 4 is 31.1 Å². The van der Waals surface area contributed by atoms with Crippen molar-refractivity contribution in [2.24, 2.45) is 0 Å². The molecule has 0 spiro atoms. The van der Waals surface area contributed by atoms with E-state index in [1.54, 1.807) is 50.2 Å². The molecule has 8 heteroatoms. The minimum absolute atomic E-state index is 0.0880. The fourth-order valence-corrected chi connectivity index (χ4v) is 7.21. The number of aryl methyl sites for hydroxylation is 6. The molecule has 204 valence electrons. The van der Waals surface area contributed by atoms with Crippen molar-refractivity contribution in [1.82, 2.24) is 0 Å². The third-order valence-corrected chi connectivity index (χ3v) is 9.23. The Labute approximate surface area is 230 Å². The molecule has 0 heterocycles. The molecule has 0 aromatic heterocycles. The van der Waals surface area contributed by atoms with E-state index in [0.29, 0.717) is 11.1 Å². The van der Waals surface area contributed by atoms with Crippen molar-refractivity contribution in [3.05, 3.63) is 118 Å². The van der Waals surface area contributed by atoms with Crippen LogP contribution in [0.1, 0.15) is 43.7 Å². The van der Waals surface area contributed by atoms with Gasteiger partial charge in [0.2, 0.25) is 0 Å². The summed E-state index contributed by atoms with van der Waals surface area (Å²) in [5.41, 5.74) is 6.88. The second-order valence-electron chi connectivity index (χ2n) is 9.83. The Bertz CT molecular complexity index is 1570. The maximum atomic E-state index is 12.5. The van der Waals surface area contributed by atoms with E-state index in [1.165, 1.54) is 18.2 Å². The highest BCUT2D eigenvalue weighted by Gasteiger charge is 2.34. The number of carbonyl (C=O) groups is 1. The molecule has 4 aromatic rings. The molecule has 0 aliphatic rings. The zero-order valence-electron chi connectivity index (χ0n) is 23.0. The second-order valence-corrected chi connectivity index (χ2v) is 13.5. The SMILES string of the molecule is Cc1cc(C)c(-c2ccccc2P(=O)(O)O)c(C)c1.Cc1cc(C)c(C(=O)P(=O)(O)c2ccccc2)c(C)c1. The van der Waals surface area contributed by atoms with Gasteiger partial charge >= 0.3 is 7.60 Å². The number of benzene rings is 4. The monoisotopic (exact) mass is 564 g/mol. The van der Waals surface area contributed by atoms with E-state index >= 15 is 0 Å². The van der Waals surface area contributed by atoms with E-state index in [0.717, 1.165) is 38.9 Å². The Hall–Kier alpha value is -3.11. The van der Waals surface area contributed by atoms with E-state index < -0.39 is 20.5 Å². The highest BCUT2D eigenvalue weighted by atomic mass is 31.2. The minimum Gasteiger partial charge on any atom is -0.336 e. The fraction of sp³-hybridized carbons (Fsp3) is 0.194. The van der Waals surface area contributed by atoms with Gasteiger partial charge in [0.05, 0.1) is 5.30 Å². The van der Waals surface area contributed by atoms with Crippen molar-refractivity contribution in [2.45, 2.75) is 41.5 Å². The average molecular weight is 565 g/mol. The minimum atomic E-state index is -4.27. The summed E-state index contributed by atoms with van der Waals surface area (Å²) in [4.78, 5) is 41.7. The maximum absolute atomic E-state index is 12.5. The lowest BCUT2D eigenvalue weighted by atomic mass is 9.94. The van der Waals surface area contributed by atoms with Crippen LogP contribution in [0.2, 0.25) is 0 Å². The molecule has 0 bridgehead atoms. The predicted molar refractivity (Wildman–Crippen MR) is 159 cm³/mol. The molecule has 0 saturated carbocycles. The lowest BCUT2D eigenvalue weighted by Crippen LogP contribution is -2.14. The van der Waals surface area contributed by atoms with Gasteiger partial charge < -0.3 is 14.7 Å². The van der Waals surface area contributed by atoms with Crippen LogP contribution < -0.4 is 10.6 Å². The van der Waals surface area contributed by atoms with Gasteiger partial charge in [-0.3, -0.25) is 13.9 Å². The van der Waals surface area contributed by atoms with E-state index in [9.17, 15) is 28.6 Å². The number of hydrogen-bond acceptors (Lipinski definition) is 3. The fourth-order valence-electron chi connectivity index (χ4n) is 4.96. The zero-order chi connectivity index (χ0) is 29.1. The first-order chi connectivity index (χ1) is 18.1. The first-order valence-corrected chi connectivity index (χ1v) is 15.7. The molecule has 6 nitrogen and oxygen atoms in total. The highest BCUT2D eigenvalue weighted by molar-refractivity contribution is 7.82. The summed E-state index contributed by atoms with van der Waals surface area (Å²) in [6.45, 7) is 11.5. The Balaban J connectivity index is 0.000000216. The normalized spacial score (nSPS) is 12.7. The van der Waals surface area contributed by atoms with Crippen LogP contribution >= 0.6 is 15.0 Å². The van der Waals surface area contributed by atoms with Crippen molar-refractivity contribution in [1.29, 1.82) is 0 Å². The topological polar surface area (TPSA) is 112 Å². The summed E-state index contributed by atoms with van der Waals surface area (Å²) in [5.74, 6) is 0. The summed E-state index contributed by atoms with van der Waals surface area (Å²) in [7, 11) is -8.34. The first kappa shape index (κ1) is 30.4. The van der Waals surface area contributed by atoms with Gasteiger partial charge in [0.25, 0.3) is 12.9 Å². The molecule has 39 heavy (non-hydrogen) atoms. The number of hydrogen-bond donors (Lipinski definition) is 3. The van der Waals surface area contributed by atoms with E-state index in [1.807, 2.05) is 52.0 Å².